The molecular formula is C54H36N2O. The van der Waals surface area contributed by atoms with Gasteiger partial charge in [0.25, 0.3) is 0 Å². The second-order valence-electron chi connectivity index (χ2n) is 15.4. The molecule has 0 radical (unpaired) electrons. The highest BCUT2D eigenvalue weighted by atomic mass is 16.5. The molecule has 0 bridgehead atoms. The molecule has 3 heteroatoms. The maximum atomic E-state index is 7.34. The van der Waals surface area contributed by atoms with E-state index < -0.39 is 5.41 Å². The van der Waals surface area contributed by atoms with E-state index in [-0.39, 0.29) is 0 Å². The van der Waals surface area contributed by atoms with Crippen molar-refractivity contribution in [3.63, 3.8) is 0 Å². The average molecular weight is 729 g/mol. The van der Waals surface area contributed by atoms with E-state index in [0.29, 0.717) is 0 Å². The van der Waals surface area contributed by atoms with Crippen LogP contribution in [0.25, 0.3) is 44.2 Å². The summed E-state index contributed by atoms with van der Waals surface area (Å²) < 4.78 is 7.34. The van der Waals surface area contributed by atoms with Gasteiger partial charge in [0.15, 0.2) is 5.75 Å². The lowest BCUT2D eigenvalue weighted by molar-refractivity contribution is 0.485. The number of para-hydroxylation sites is 2. The molecule has 9 aromatic rings. The van der Waals surface area contributed by atoms with Gasteiger partial charge in [-0.2, -0.15) is 0 Å². The Morgan fingerprint density at radius 2 is 1.11 bits per heavy atom. The van der Waals surface area contributed by atoms with Gasteiger partial charge in [-0.1, -0.05) is 133 Å². The monoisotopic (exact) mass is 728 g/mol. The largest absolute Gasteiger partial charge is 0.454 e. The fourth-order valence-electron chi connectivity index (χ4n) is 9.87. The molecule has 0 fully saturated rings. The number of anilines is 6. The van der Waals surface area contributed by atoms with E-state index in [9.17, 15) is 0 Å². The minimum atomic E-state index is -0.390. The van der Waals surface area contributed by atoms with Gasteiger partial charge < -0.3 is 14.5 Å². The normalized spacial score (nSPS) is 15.3. The van der Waals surface area contributed by atoms with Gasteiger partial charge in [0.1, 0.15) is 5.75 Å². The van der Waals surface area contributed by atoms with E-state index in [1.807, 2.05) is 0 Å². The third-order valence-corrected chi connectivity index (χ3v) is 12.4. The molecular weight excluding hydrogens is 693 g/mol. The molecule has 1 aliphatic carbocycles. The highest BCUT2D eigenvalue weighted by molar-refractivity contribution is 6.12. The van der Waals surface area contributed by atoms with Gasteiger partial charge in [0.2, 0.25) is 0 Å². The minimum absolute atomic E-state index is 0.390. The van der Waals surface area contributed by atoms with Crippen LogP contribution in [0.3, 0.4) is 0 Å². The van der Waals surface area contributed by atoms with E-state index in [0.717, 1.165) is 50.9 Å². The Balaban J connectivity index is 1.11. The van der Waals surface area contributed by atoms with Crippen molar-refractivity contribution in [2.45, 2.75) is 12.3 Å². The molecule has 0 N–H and O–H groups in total. The van der Waals surface area contributed by atoms with Gasteiger partial charge in [-0.05, 0) is 124 Å². The van der Waals surface area contributed by atoms with Crippen LogP contribution in [0.5, 0.6) is 11.5 Å². The second-order valence-corrected chi connectivity index (χ2v) is 15.4. The molecule has 3 nitrogen and oxygen atoms in total. The van der Waals surface area contributed by atoms with Gasteiger partial charge in [-0.3, -0.25) is 0 Å². The molecule has 0 amide bonds. The van der Waals surface area contributed by atoms with Crippen molar-refractivity contribution in [2.75, 3.05) is 9.80 Å². The summed E-state index contributed by atoms with van der Waals surface area (Å²) in [6.07, 6.45) is 0. The maximum Gasteiger partial charge on any atom is 0.160 e. The fourth-order valence-corrected chi connectivity index (χ4v) is 9.87. The van der Waals surface area contributed by atoms with Crippen LogP contribution in [0.2, 0.25) is 0 Å². The van der Waals surface area contributed by atoms with Crippen LogP contribution in [0.1, 0.15) is 23.6 Å². The highest BCUT2D eigenvalue weighted by Crippen LogP contribution is 2.66. The SMILES string of the molecule is CC12c3ccccc3-c3cccc(c31)N(c1ccc(-c3ccccc3)cc1)c1c2cc2cccc3c2c1Oc1ccc(N(c2ccccc2)c2ccccc2)cc1-3. The predicted molar refractivity (Wildman–Crippen MR) is 235 cm³/mol. The third-order valence-electron chi connectivity index (χ3n) is 12.4. The van der Waals surface area contributed by atoms with E-state index in [1.54, 1.807) is 0 Å². The maximum absolute atomic E-state index is 7.34. The van der Waals surface area contributed by atoms with Crippen LogP contribution in [-0.2, 0) is 5.41 Å². The molecule has 12 rings (SSSR count). The summed E-state index contributed by atoms with van der Waals surface area (Å²) in [6.45, 7) is 2.42. The Kier molecular flexibility index (Phi) is 6.76. The van der Waals surface area contributed by atoms with Crippen molar-refractivity contribution in [3.05, 3.63) is 217 Å². The Morgan fingerprint density at radius 3 is 1.86 bits per heavy atom. The zero-order valence-corrected chi connectivity index (χ0v) is 31.4. The van der Waals surface area contributed by atoms with Crippen LogP contribution in [-0.4, -0.2) is 0 Å². The number of benzene rings is 9. The topological polar surface area (TPSA) is 15.7 Å². The van der Waals surface area contributed by atoms with Gasteiger partial charge in [-0.25, -0.2) is 0 Å². The number of fused-ring (bicyclic) bond motifs is 8. The molecule has 0 saturated carbocycles. The molecule has 9 aromatic carbocycles. The lowest BCUT2D eigenvalue weighted by atomic mass is 9.69. The first-order valence-corrected chi connectivity index (χ1v) is 19.7. The van der Waals surface area contributed by atoms with E-state index >= 15 is 0 Å². The molecule has 0 saturated heterocycles. The van der Waals surface area contributed by atoms with Crippen molar-refractivity contribution >= 4 is 44.9 Å². The van der Waals surface area contributed by atoms with Crippen LogP contribution < -0.4 is 14.5 Å². The van der Waals surface area contributed by atoms with Crippen molar-refractivity contribution in [1.29, 1.82) is 0 Å². The quantitative estimate of drug-likeness (QED) is 0.175. The van der Waals surface area contributed by atoms with Gasteiger partial charge in [0.05, 0.1) is 11.4 Å². The smallest absolute Gasteiger partial charge is 0.160 e. The summed E-state index contributed by atoms with van der Waals surface area (Å²) in [5.74, 6) is 1.75. The zero-order chi connectivity index (χ0) is 37.7. The van der Waals surface area contributed by atoms with Crippen molar-refractivity contribution in [3.8, 4) is 44.9 Å². The van der Waals surface area contributed by atoms with Crippen molar-refractivity contribution < 1.29 is 4.74 Å². The molecule has 0 aromatic heterocycles. The van der Waals surface area contributed by atoms with Crippen LogP contribution in [0.4, 0.5) is 34.1 Å². The lowest BCUT2D eigenvalue weighted by Gasteiger charge is -2.44. The first kappa shape index (κ1) is 31.9. The molecule has 1 atom stereocenters. The summed E-state index contributed by atoms with van der Waals surface area (Å²) in [4.78, 5) is 4.78. The number of rotatable bonds is 5. The summed E-state index contributed by atoms with van der Waals surface area (Å²) in [5.41, 5.74) is 17.4. The summed E-state index contributed by atoms with van der Waals surface area (Å²) >= 11 is 0. The van der Waals surface area contributed by atoms with Crippen molar-refractivity contribution in [2.24, 2.45) is 0 Å². The van der Waals surface area contributed by atoms with E-state index in [2.05, 4.69) is 217 Å². The van der Waals surface area contributed by atoms with E-state index in [1.165, 1.54) is 55.6 Å². The molecule has 57 heavy (non-hydrogen) atoms. The fraction of sp³-hybridized carbons (Fsp3) is 0.0370. The Hall–Kier alpha value is -7.36. The Labute approximate surface area is 332 Å². The molecule has 268 valence electrons. The van der Waals surface area contributed by atoms with Crippen LogP contribution >= 0.6 is 0 Å². The number of ether oxygens (including phenoxy) is 1. The van der Waals surface area contributed by atoms with Crippen molar-refractivity contribution in [1.82, 2.24) is 0 Å². The highest BCUT2D eigenvalue weighted by Gasteiger charge is 2.50. The van der Waals surface area contributed by atoms with Gasteiger partial charge in [-0.15, -0.1) is 0 Å². The van der Waals surface area contributed by atoms with Gasteiger partial charge >= 0.3 is 0 Å². The average Bonchev–Trinajstić information content (AvgIpc) is 3.55. The molecule has 2 aliphatic heterocycles. The molecule has 2 heterocycles. The number of hydrogen-bond acceptors (Lipinski definition) is 3. The first-order valence-electron chi connectivity index (χ1n) is 19.7. The first-order chi connectivity index (χ1) is 28.2. The van der Waals surface area contributed by atoms with Crippen LogP contribution in [0.15, 0.2) is 200 Å². The van der Waals surface area contributed by atoms with Crippen LogP contribution in [0, 0.1) is 0 Å². The molecule has 3 aliphatic rings. The second kappa shape index (κ2) is 12.1. The van der Waals surface area contributed by atoms with E-state index in [4.69, 9.17) is 4.74 Å². The number of nitrogens with zero attached hydrogens (tertiary/aromatic N) is 2. The Morgan fingerprint density at radius 1 is 0.474 bits per heavy atom. The molecule has 0 spiro atoms. The third kappa shape index (κ3) is 4.54. The lowest BCUT2D eigenvalue weighted by Crippen LogP contribution is -2.32. The standard InChI is InChI=1S/C54H36N2O/c1-54-46-25-12-11-22-42(46)44-24-14-26-48(51(44)54)56(40-29-27-36(28-30-40)35-15-5-2-6-16-35)52-47(54)33-37-17-13-23-43-45-34-41(31-32-49(45)57-53(52)50(37)43)55(38-18-7-3-8-19-38)39-20-9-4-10-21-39/h2-34H,1H3. The van der Waals surface area contributed by atoms with Gasteiger partial charge in [0, 0.05) is 39.1 Å². The summed E-state index contributed by atoms with van der Waals surface area (Å²) in [6, 6.07) is 72.4. The predicted octanol–water partition coefficient (Wildman–Crippen LogP) is 14.9. The summed E-state index contributed by atoms with van der Waals surface area (Å²) in [5, 5.41) is 2.30. The number of hydrogen-bond donors (Lipinski definition) is 0. The minimum Gasteiger partial charge on any atom is -0.454 e. The summed E-state index contributed by atoms with van der Waals surface area (Å²) in [7, 11) is 0. The molecule has 1 unspecified atom stereocenters. The Bertz CT molecular complexity index is 3010. The zero-order valence-electron chi connectivity index (χ0n) is 31.4.